The Morgan fingerprint density at radius 1 is 1.17 bits per heavy atom. The van der Waals surface area contributed by atoms with Crippen molar-refractivity contribution in [2.24, 2.45) is 10.8 Å². The van der Waals surface area contributed by atoms with Crippen molar-refractivity contribution in [1.29, 1.82) is 5.26 Å². The molecule has 0 fully saturated rings. The van der Waals surface area contributed by atoms with Crippen molar-refractivity contribution in [3.8, 4) is 6.07 Å². The normalized spacial score (nSPS) is 15.4. The summed E-state index contributed by atoms with van der Waals surface area (Å²) >= 11 is 0. The van der Waals surface area contributed by atoms with Crippen LogP contribution in [-0.2, 0) is 0 Å². The number of nitrogens with one attached hydrogen (secondary N) is 1. The van der Waals surface area contributed by atoms with Crippen LogP contribution in [0.15, 0.2) is 0 Å². The molecule has 70 valence electrons. The molecule has 1 atom stereocenters. The van der Waals surface area contributed by atoms with Crippen LogP contribution >= 0.6 is 0 Å². The summed E-state index contributed by atoms with van der Waals surface area (Å²) in [6, 6.07) is 2.55. The zero-order valence-electron chi connectivity index (χ0n) is 9.02. The van der Waals surface area contributed by atoms with Gasteiger partial charge in [-0.2, -0.15) is 5.26 Å². The molecule has 0 rings (SSSR count). The standard InChI is InChI=1S/C10H20N2/c1-9(2,3)8(12-6)10(4,5)7-11/h8,12H,1-6H3. The summed E-state index contributed by atoms with van der Waals surface area (Å²) in [5, 5.41) is 12.2. The Labute approximate surface area is 76.0 Å². The molecule has 0 bridgehead atoms. The van der Waals surface area contributed by atoms with E-state index in [0.717, 1.165) is 0 Å². The molecular weight excluding hydrogens is 148 g/mol. The lowest BCUT2D eigenvalue weighted by Crippen LogP contribution is -2.48. The minimum Gasteiger partial charge on any atom is -0.315 e. The molecule has 2 heteroatoms. The fraction of sp³-hybridized carbons (Fsp3) is 0.900. The lowest BCUT2D eigenvalue weighted by atomic mass is 9.72. The molecule has 0 amide bonds. The van der Waals surface area contributed by atoms with Gasteiger partial charge in [-0.25, -0.2) is 0 Å². The zero-order valence-corrected chi connectivity index (χ0v) is 9.02. The summed E-state index contributed by atoms with van der Waals surface area (Å²) in [6.45, 7) is 10.4. The Kier molecular flexibility index (Phi) is 3.29. The van der Waals surface area contributed by atoms with Crippen molar-refractivity contribution in [2.75, 3.05) is 7.05 Å². The highest BCUT2D eigenvalue weighted by Crippen LogP contribution is 2.32. The molecule has 1 unspecified atom stereocenters. The van der Waals surface area contributed by atoms with E-state index >= 15 is 0 Å². The van der Waals surface area contributed by atoms with Crippen molar-refractivity contribution < 1.29 is 0 Å². The van der Waals surface area contributed by atoms with Gasteiger partial charge in [0, 0.05) is 6.04 Å². The Morgan fingerprint density at radius 2 is 1.58 bits per heavy atom. The van der Waals surface area contributed by atoms with Crippen molar-refractivity contribution in [1.82, 2.24) is 5.32 Å². The molecule has 0 aliphatic rings. The van der Waals surface area contributed by atoms with E-state index in [1.165, 1.54) is 0 Å². The third-order valence-corrected chi connectivity index (χ3v) is 2.16. The SMILES string of the molecule is CNC(C(C)(C)C)C(C)(C)C#N. The van der Waals surface area contributed by atoms with Gasteiger partial charge in [-0.15, -0.1) is 0 Å². The van der Waals surface area contributed by atoms with Crippen molar-refractivity contribution in [3.05, 3.63) is 0 Å². The van der Waals surface area contributed by atoms with Gasteiger partial charge in [0.05, 0.1) is 11.5 Å². The van der Waals surface area contributed by atoms with E-state index in [2.05, 4.69) is 32.2 Å². The quantitative estimate of drug-likeness (QED) is 0.686. The maximum absolute atomic E-state index is 8.97. The predicted octanol–water partition coefficient (Wildman–Crippen LogP) is 2.17. The first-order valence-electron chi connectivity index (χ1n) is 4.34. The Bertz CT molecular complexity index is 181. The number of rotatable bonds is 2. The van der Waals surface area contributed by atoms with Crippen LogP contribution in [0.2, 0.25) is 0 Å². The van der Waals surface area contributed by atoms with Crippen LogP contribution in [0.1, 0.15) is 34.6 Å². The summed E-state index contributed by atoms with van der Waals surface area (Å²) in [5.74, 6) is 0. The minimum absolute atomic E-state index is 0.119. The van der Waals surface area contributed by atoms with Crippen LogP contribution in [0.4, 0.5) is 0 Å². The molecule has 0 saturated carbocycles. The first kappa shape index (κ1) is 11.4. The maximum Gasteiger partial charge on any atom is 0.0700 e. The second-order valence-electron chi connectivity index (χ2n) is 4.92. The van der Waals surface area contributed by atoms with Crippen molar-refractivity contribution >= 4 is 0 Å². The first-order valence-corrected chi connectivity index (χ1v) is 4.34. The summed E-state index contributed by atoms with van der Waals surface area (Å²) in [4.78, 5) is 0. The molecule has 2 nitrogen and oxygen atoms in total. The van der Waals surface area contributed by atoms with E-state index in [4.69, 9.17) is 5.26 Å². The fourth-order valence-corrected chi connectivity index (χ4v) is 1.94. The largest absolute Gasteiger partial charge is 0.315 e. The van der Waals surface area contributed by atoms with Gasteiger partial charge < -0.3 is 5.32 Å². The first-order chi connectivity index (χ1) is 5.25. The van der Waals surface area contributed by atoms with E-state index in [1.54, 1.807) is 0 Å². The van der Waals surface area contributed by atoms with Crippen LogP contribution in [0, 0.1) is 22.2 Å². The highest BCUT2D eigenvalue weighted by atomic mass is 14.9. The topological polar surface area (TPSA) is 35.8 Å². The molecule has 0 heterocycles. The maximum atomic E-state index is 8.97. The number of nitriles is 1. The van der Waals surface area contributed by atoms with Crippen LogP contribution in [0.25, 0.3) is 0 Å². The van der Waals surface area contributed by atoms with Gasteiger partial charge in [0.25, 0.3) is 0 Å². The van der Waals surface area contributed by atoms with Crippen LogP contribution in [-0.4, -0.2) is 13.1 Å². The number of hydrogen-bond acceptors (Lipinski definition) is 2. The van der Waals surface area contributed by atoms with Crippen LogP contribution in [0.3, 0.4) is 0 Å². The molecule has 0 aromatic carbocycles. The molecule has 0 aliphatic heterocycles. The Morgan fingerprint density at radius 3 is 1.67 bits per heavy atom. The highest BCUT2D eigenvalue weighted by molar-refractivity contribution is 5.04. The molecule has 0 radical (unpaired) electrons. The van der Waals surface area contributed by atoms with Gasteiger partial charge in [-0.1, -0.05) is 20.8 Å². The third kappa shape index (κ3) is 2.49. The lowest BCUT2D eigenvalue weighted by molar-refractivity contribution is 0.178. The monoisotopic (exact) mass is 168 g/mol. The Balaban J connectivity index is 4.71. The van der Waals surface area contributed by atoms with Gasteiger partial charge in [-0.05, 0) is 26.3 Å². The van der Waals surface area contributed by atoms with E-state index in [1.807, 2.05) is 20.9 Å². The molecule has 0 aromatic rings. The summed E-state index contributed by atoms with van der Waals surface area (Å²) in [7, 11) is 1.91. The van der Waals surface area contributed by atoms with E-state index in [-0.39, 0.29) is 16.9 Å². The number of nitrogens with zero attached hydrogens (tertiary/aromatic N) is 1. The third-order valence-electron chi connectivity index (χ3n) is 2.16. The van der Waals surface area contributed by atoms with Gasteiger partial charge in [-0.3, -0.25) is 0 Å². The van der Waals surface area contributed by atoms with Gasteiger partial charge in [0.2, 0.25) is 0 Å². The second kappa shape index (κ2) is 3.45. The fourth-order valence-electron chi connectivity index (χ4n) is 1.94. The van der Waals surface area contributed by atoms with Crippen molar-refractivity contribution in [3.63, 3.8) is 0 Å². The van der Waals surface area contributed by atoms with E-state index in [0.29, 0.717) is 0 Å². The average Bonchev–Trinajstić information content (AvgIpc) is 1.85. The predicted molar refractivity (Wildman–Crippen MR) is 51.7 cm³/mol. The second-order valence-corrected chi connectivity index (χ2v) is 4.92. The molecule has 0 saturated heterocycles. The number of hydrogen-bond donors (Lipinski definition) is 1. The minimum atomic E-state index is -0.312. The molecule has 12 heavy (non-hydrogen) atoms. The zero-order chi connectivity index (χ0) is 9.99. The van der Waals surface area contributed by atoms with E-state index in [9.17, 15) is 0 Å². The molecule has 1 N–H and O–H groups in total. The molecule has 0 aliphatic carbocycles. The average molecular weight is 168 g/mol. The lowest BCUT2D eigenvalue weighted by Gasteiger charge is -2.38. The molecular formula is C10H20N2. The van der Waals surface area contributed by atoms with Crippen molar-refractivity contribution in [2.45, 2.75) is 40.7 Å². The van der Waals surface area contributed by atoms with E-state index < -0.39 is 0 Å². The smallest absolute Gasteiger partial charge is 0.0700 e. The summed E-state index contributed by atoms with van der Waals surface area (Å²) in [6.07, 6.45) is 0. The van der Waals surface area contributed by atoms with Gasteiger partial charge >= 0.3 is 0 Å². The molecule has 0 aromatic heterocycles. The van der Waals surface area contributed by atoms with Gasteiger partial charge in [0.1, 0.15) is 0 Å². The van der Waals surface area contributed by atoms with Gasteiger partial charge in [0.15, 0.2) is 0 Å². The highest BCUT2D eigenvalue weighted by Gasteiger charge is 2.36. The Hall–Kier alpha value is -0.550. The van der Waals surface area contributed by atoms with Crippen LogP contribution in [0.5, 0.6) is 0 Å². The molecule has 0 spiro atoms. The summed E-state index contributed by atoms with van der Waals surface area (Å²) < 4.78 is 0. The summed E-state index contributed by atoms with van der Waals surface area (Å²) in [5.41, 5.74) is -0.193. The van der Waals surface area contributed by atoms with Crippen LogP contribution < -0.4 is 5.32 Å².